The molecule has 0 unspecified atom stereocenters. The highest BCUT2D eigenvalue weighted by atomic mass is 19.4. The summed E-state index contributed by atoms with van der Waals surface area (Å²) in [5.41, 5.74) is -0.652. The van der Waals surface area contributed by atoms with E-state index in [0.29, 0.717) is 20.2 Å². The van der Waals surface area contributed by atoms with Gasteiger partial charge in [-0.05, 0) is 12.1 Å². The number of fused-ring (bicyclic) bond motifs is 1. The summed E-state index contributed by atoms with van der Waals surface area (Å²) in [6.07, 6.45) is -3.43. The molecule has 0 aliphatic heterocycles. The van der Waals surface area contributed by atoms with Crippen molar-refractivity contribution in [2.45, 2.75) is 25.7 Å². The Hall–Kier alpha value is -3.44. The van der Waals surface area contributed by atoms with Crippen LogP contribution < -0.4 is 16.6 Å². The van der Waals surface area contributed by atoms with Gasteiger partial charge in [0.15, 0.2) is 0 Å². The van der Waals surface area contributed by atoms with Crippen molar-refractivity contribution in [2.75, 3.05) is 6.54 Å². The van der Waals surface area contributed by atoms with Crippen LogP contribution in [0.2, 0.25) is 0 Å². The van der Waals surface area contributed by atoms with Gasteiger partial charge in [-0.2, -0.15) is 13.2 Å². The Labute approximate surface area is 161 Å². The number of carbonyl (C=O) groups excluding carboxylic acids is 1. The van der Waals surface area contributed by atoms with Gasteiger partial charge >= 0.3 is 11.9 Å². The van der Waals surface area contributed by atoms with E-state index in [-0.39, 0.29) is 31.6 Å². The number of rotatable bonds is 6. The Kier molecular flexibility index (Phi) is 5.52. The van der Waals surface area contributed by atoms with Crippen molar-refractivity contribution in [3.8, 4) is 0 Å². The zero-order chi connectivity index (χ0) is 21.2. The zero-order valence-corrected chi connectivity index (χ0v) is 15.3. The minimum atomic E-state index is -4.75. The Morgan fingerprint density at radius 3 is 2.59 bits per heavy atom. The van der Waals surface area contributed by atoms with Gasteiger partial charge in [-0.3, -0.25) is 18.7 Å². The quantitative estimate of drug-likeness (QED) is 0.638. The predicted molar refractivity (Wildman–Crippen MR) is 96.1 cm³/mol. The van der Waals surface area contributed by atoms with Crippen LogP contribution in [0.4, 0.5) is 13.2 Å². The number of carbonyl (C=O) groups is 1. The number of nitrogens with zero attached hydrogens (tertiary/aromatic N) is 5. The summed E-state index contributed by atoms with van der Waals surface area (Å²) >= 11 is 0. The maximum absolute atomic E-state index is 12.7. The van der Waals surface area contributed by atoms with Crippen molar-refractivity contribution in [1.29, 1.82) is 0 Å². The number of aromatic nitrogens is 5. The second-order valence-electron chi connectivity index (χ2n) is 6.25. The lowest BCUT2D eigenvalue weighted by molar-refractivity contribution is -0.147. The average molecular weight is 410 g/mol. The third-order valence-corrected chi connectivity index (χ3v) is 4.25. The SMILES string of the molecule is Cn1c(C(F)(F)F)nn(CCNC(=O)CCn2cnc3ccccc3c2=O)c1=O. The summed E-state index contributed by atoms with van der Waals surface area (Å²) in [6.45, 7) is -0.214. The third kappa shape index (κ3) is 4.36. The second kappa shape index (κ2) is 7.89. The molecule has 0 spiro atoms. The fraction of sp³-hybridized carbons (Fsp3) is 0.353. The molecule has 29 heavy (non-hydrogen) atoms. The van der Waals surface area contributed by atoms with Gasteiger partial charge in [0, 0.05) is 26.6 Å². The van der Waals surface area contributed by atoms with Crippen LogP contribution in [0, 0.1) is 0 Å². The normalized spacial score (nSPS) is 11.7. The van der Waals surface area contributed by atoms with Crippen LogP contribution in [0.1, 0.15) is 12.2 Å². The van der Waals surface area contributed by atoms with E-state index in [1.54, 1.807) is 24.3 Å². The van der Waals surface area contributed by atoms with Crippen LogP contribution in [-0.4, -0.2) is 36.4 Å². The molecule has 0 saturated heterocycles. The third-order valence-electron chi connectivity index (χ3n) is 4.25. The second-order valence-corrected chi connectivity index (χ2v) is 6.25. The highest BCUT2D eigenvalue weighted by molar-refractivity contribution is 5.77. The molecule has 0 atom stereocenters. The molecular weight excluding hydrogens is 393 g/mol. The van der Waals surface area contributed by atoms with Crippen LogP contribution in [0.5, 0.6) is 0 Å². The minimum absolute atomic E-state index is 0.0369. The van der Waals surface area contributed by atoms with Crippen molar-refractivity contribution in [3.05, 3.63) is 57.3 Å². The number of halogens is 3. The summed E-state index contributed by atoms with van der Waals surface area (Å²) in [4.78, 5) is 40.2. The predicted octanol–water partition coefficient (Wildman–Crippen LogP) is 0.517. The topological polar surface area (TPSA) is 104 Å². The number of para-hydroxylation sites is 1. The maximum Gasteiger partial charge on any atom is 0.451 e. The first-order valence-corrected chi connectivity index (χ1v) is 8.60. The molecule has 0 bridgehead atoms. The van der Waals surface area contributed by atoms with Crippen LogP contribution >= 0.6 is 0 Å². The fourth-order valence-electron chi connectivity index (χ4n) is 2.76. The molecule has 0 saturated carbocycles. The van der Waals surface area contributed by atoms with E-state index >= 15 is 0 Å². The van der Waals surface area contributed by atoms with Gasteiger partial charge in [0.05, 0.1) is 23.8 Å². The molecule has 0 fully saturated rings. The van der Waals surface area contributed by atoms with Gasteiger partial charge < -0.3 is 5.32 Å². The Balaban J connectivity index is 1.56. The Morgan fingerprint density at radius 2 is 1.90 bits per heavy atom. The first kappa shape index (κ1) is 20.3. The molecule has 2 aromatic heterocycles. The first-order chi connectivity index (χ1) is 13.7. The van der Waals surface area contributed by atoms with Crippen molar-refractivity contribution in [3.63, 3.8) is 0 Å². The molecule has 0 aliphatic rings. The lowest BCUT2D eigenvalue weighted by Crippen LogP contribution is -2.32. The number of hydrogen-bond donors (Lipinski definition) is 1. The van der Waals surface area contributed by atoms with Crippen LogP contribution in [0.25, 0.3) is 10.9 Å². The summed E-state index contributed by atoms with van der Waals surface area (Å²) in [5, 5.41) is 6.17. The van der Waals surface area contributed by atoms with E-state index in [9.17, 15) is 27.6 Å². The van der Waals surface area contributed by atoms with Crippen molar-refractivity contribution < 1.29 is 18.0 Å². The molecule has 1 aromatic carbocycles. The number of nitrogens with one attached hydrogen (secondary N) is 1. The molecule has 1 N–H and O–H groups in total. The standard InChI is InChI=1S/C17H17F3N6O3/c1-24-15(17(18,19)20)23-26(16(24)29)9-7-21-13(27)6-8-25-10-22-12-5-3-2-4-11(12)14(25)28/h2-5,10H,6-9H2,1H3,(H,21,27). The van der Waals surface area contributed by atoms with E-state index in [2.05, 4.69) is 15.4 Å². The maximum atomic E-state index is 12.7. The monoisotopic (exact) mass is 410 g/mol. The van der Waals surface area contributed by atoms with E-state index in [1.165, 1.54) is 10.9 Å². The van der Waals surface area contributed by atoms with Crippen LogP contribution in [0.3, 0.4) is 0 Å². The molecule has 12 heteroatoms. The molecule has 9 nitrogen and oxygen atoms in total. The molecule has 1 amide bonds. The van der Waals surface area contributed by atoms with E-state index < -0.39 is 23.6 Å². The molecule has 2 heterocycles. The van der Waals surface area contributed by atoms with E-state index in [4.69, 9.17) is 0 Å². The van der Waals surface area contributed by atoms with Crippen LogP contribution in [0.15, 0.2) is 40.2 Å². The first-order valence-electron chi connectivity index (χ1n) is 8.60. The van der Waals surface area contributed by atoms with Gasteiger partial charge in [-0.1, -0.05) is 12.1 Å². The van der Waals surface area contributed by atoms with Crippen molar-refractivity contribution in [1.82, 2.24) is 29.2 Å². The van der Waals surface area contributed by atoms with Crippen molar-refractivity contribution >= 4 is 16.8 Å². The van der Waals surface area contributed by atoms with Gasteiger partial charge in [-0.25, -0.2) is 14.5 Å². The van der Waals surface area contributed by atoms with Gasteiger partial charge in [0.25, 0.3) is 5.56 Å². The highest BCUT2D eigenvalue weighted by Crippen LogP contribution is 2.25. The largest absolute Gasteiger partial charge is 0.451 e. The van der Waals surface area contributed by atoms with E-state index in [0.717, 1.165) is 7.05 Å². The number of alkyl halides is 3. The fourth-order valence-corrected chi connectivity index (χ4v) is 2.76. The van der Waals surface area contributed by atoms with Crippen molar-refractivity contribution in [2.24, 2.45) is 7.05 Å². The molecule has 154 valence electrons. The minimum Gasteiger partial charge on any atom is -0.354 e. The molecule has 3 rings (SSSR count). The van der Waals surface area contributed by atoms with Gasteiger partial charge in [-0.15, -0.1) is 5.10 Å². The lowest BCUT2D eigenvalue weighted by Gasteiger charge is -2.07. The van der Waals surface area contributed by atoms with Crippen LogP contribution in [-0.2, 0) is 31.1 Å². The summed E-state index contributed by atoms with van der Waals surface area (Å²) in [5.74, 6) is -1.73. The molecule has 3 aromatic rings. The number of amides is 1. The highest BCUT2D eigenvalue weighted by Gasteiger charge is 2.37. The Bertz CT molecular complexity index is 1160. The molecule has 0 radical (unpaired) electrons. The summed E-state index contributed by atoms with van der Waals surface area (Å²) in [7, 11) is 0.975. The molecule has 0 aliphatic carbocycles. The van der Waals surface area contributed by atoms with E-state index in [1.807, 2.05) is 0 Å². The number of hydrogen-bond acceptors (Lipinski definition) is 5. The van der Waals surface area contributed by atoms with Gasteiger partial charge in [0.2, 0.25) is 11.7 Å². The Morgan fingerprint density at radius 1 is 1.17 bits per heavy atom. The number of benzene rings is 1. The smallest absolute Gasteiger partial charge is 0.354 e. The zero-order valence-electron chi connectivity index (χ0n) is 15.3. The van der Waals surface area contributed by atoms with Gasteiger partial charge in [0.1, 0.15) is 0 Å². The summed E-state index contributed by atoms with van der Waals surface area (Å²) in [6, 6.07) is 6.82. The average Bonchev–Trinajstić information content (AvgIpc) is 2.96. The molecular formula is C17H17F3N6O3. The number of aryl methyl sites for hydroxylation is 1. The lowest BCUT2D eigenvalue weighted by atomic mass is 10.2. The summed E-state index contributed by atoms with van der Waals surface area (Å²) < 4.78 is 40.6.